The van der Waals surface area contributed by atoms with E-state index in [1.165, 1.54) is 10.8 Å². The van der Waals surface area contributed by atoms with Crippen molar-refractivity contribution in [3.8, 4) is 0 Å². The van der Waals surface area contributed by atoms with Crippen LogP contribution in [0.2, 0.25) is 5.02 Å². The Labute approximate surface area is 175 Å². The van der Waals surface area contributed by atoms with Gasteiger partial charge in [-0.25, -0.2) is 9.78 Å². The van der Waals surface area contributed by atoms with Gasteiger partial charge in [-0.15, -0.1) is 0 Å². The third-order valence-corrected chi connectivity index (χ3v) is 4.99. The number of carbonyl (C=O) groups excluding carboxylic acids is 2. The highest BCUT2D eigenvalue weighted by Gasteiger charge is 2.16. The maximum Gasteiger partial charge on any atom is 0.321 e. The minimum Gasteiger partial charge on any atom is -0.467 e. The molecule has 8 nitrogen and oxygen atoms in total. The van der Waals surface area contributed by atoms with Crippen molar-refractivity contribution in [2.45, 2.75) is 31.6 Å². The van der Waals surface area contributed by atoms with Gasteiger partial charge in [-0.1, -0.05) is 23.4 Å². The van der Waals surface area contributed by atoms with Crippen LogP contribution in [-0.2, 0) is 11.3 Å². The van der Waals surface area contributed by atoms with E-state index in [0.29, 0.717) is 26.8 Å². The standard InChI is InChI=1S/C19H19ClN4O4S/c1-11(2)21-18(27)23-16(25)10-29-19-22-15-8-12(20)5-6-14(15)17(26)24(19)9-13-4-3-7-28-13/h3-8,11H,9-10H2,1-2H3,(H2,21,23,25,27). The lowest BCUT2D eigenvalue weighted by Crippen LogP contribution is -2.43. The number of fused-ring (bicyclic) bond motifs is 1. The molecule has 0 fully saturated rings. The molecule has 3 aromatic rings. The fourth-order valence-electron chi connectivity index (χ4n) is 2.57. The molecule has 3 amide bonds. The summed E-state index contributed by atoms with van der Waals surface area (Å²) < 4.78 is 6.78. The molecule has 0 spiro atoms. The average molecular weight is 435 g/mol. The Morgan fingerprint density at radius 1 is 1.31 bits per heavy atom. The minimum absolute atomic E-state index is 0.0951. The van der Waals surface area contributed by atoms with Crippen LogP contribution in [0.5, 0.6) is 0 Å². The second kappa shape index (κ2) is 9.15. The molecular weight excluding hydrogens is 416 g/mol. The quantitative estimate of drug-likeness (QED) is 0.456. The largest absolute Gasteiger partial charge is 0.467 e. The summed E-state index contributed by atoms with van der Waals surface area (Å²) in [6.07, 6.45) is 1.52. The van der Waals surface area contributed by atoms with Gasteiger partial charge in [0.25, 0.3) is 5.56 Å². The average Bonchev–Trinajstić information content (AvgIpc) is 3.15. The molecule has 2 heterocycles. The molecule has 0 aliphatic carbocycles. The summed E-state index contributed by atoms with van der Waals surface area (Å²) in [5, 5.41) is 6.00. The van der Waals surface area contributed by atoms with Crippen LogP contribution in [0.1, 0.15) is 19.6 Å². The van der Waals surface area contributed by atoms with Crippen LogP contribution in [0.15, 0.2) is 51.0 Å². The first-order chi connectivity index (χ1) is 13.8. The van der Waals surface area contributed by atoms with Crippen molar-refractivity contribution in [3.63, 3.8) is 0 Å². The van der Waals surface area contributed by atoms with Gasteiger partial charge >= 0.3 is 6.03 Å². The maximum atomic E-state index is 13.0. The summed E-state index contributed by atoms with van der Waals surface area (Å²) in [5.41, 5.74) is 0.155. The van der Waals surface area contributed by atoms with Gasteiger partial charge in [-0.2, -0.15) is 0 Å². The second-order valence-corrected chi connectivity index (χ2v) is 7.87. The molecule has 10 heteroatoms. The van der Waals surface area contributed by atoms with Gasteiger partial charge in [0, 0.05) is 11.1 Å². The highest BCUT2D eigenvalue weighted by molar-refractivity contribution is 7.99. The first kappa shape index (κ1) is 20.9. The number of furan rings is 1. The molecule has 0 saturated carbocycles. The summed E-state index contributed by atoms with van der Waals surface area (Å²) in [4.78, 5) is 41.2. The highest BCUT2D eigenvalue weighted by atomic mass is 35.5. The van der Waals surface area contributed by atoms with Gasteiger partial charge in [0.2, 0.25) is 5.91 Å². The molecule has 1 aromatic carbocycles. The molecule has 3 rings (SSSR count). The number of aromatic nitrogens is 2. The third kappa shape index (κ3) is 5.39. The summed E-state index contributed by atoms with van der Waals surface area (Å²) in [6, 6.07) is 7.63. The molecule has 0 radical (unpaired) electrons. The zero-order valence-corrected chi connectivity index (χ0v) is 17.3. The molecule has 0 saturated heterocycles. The Balaban J connectivity index is 1.87. The van der Waals surface area contributed by atoms with Gasteiger partial charge in [0.1, 0.15) is 5.76 Å². The fraction of sp³-hybridized carbons (Fsp3) is 0.263. The maximum absolute atomic E-state index is 13.0. The second-order valence-electron chi connectivity index (χ2n) is 6.49. The summed E-state index contributed by atoms with van der Waals surface area (Å²) >= 11 is 7.07. The zero-order valence-electron chi connectivity index (χ0n) is 15.8. The topological polar surface area (TPSA) is 106 Å². The molecule has 0 aliphatic heterocycles. The number of imide groups is 1. The van der Waals surface area contributed by atoms with Crippen molar-refractivity contribution < 1.29 is 14.0 Å². The molecule has 29 heavy (non-hydrogen) atoms. The van der Waals surface area contributed by atoms with Gasteiger partial charge in [0.15, 0.2) is 5.16 Å². The predicted molar refractivity (Wildman–Crippen MR) is 111 cm³/mol. The van der Waals surface area contributed by atoms with Crippen molar-refractivity contribution in [1.29, 1.82) is 0 Å². The molecule has 0 atom stereocenters. The highest BCUT2D eigenvalue weighted by Crippen LogP contribution is 2.21. The summed E-state index contributed by atoms with van der Waals surface area (Å²) in [5.74, 6) is -0.0229. The Morgan fingerprint density at radius 3 is 2.79 bits per heavy atom. The van der Waals surface area contributed by atoms with E-state index in [-0.39, 0.29) is 23.9 Å². The van der Waals surface area contributed by atoms with Gasteiger partial charge < -0.3 is 9.73 Å². The zero-order chi connectivity index (χ0) is 21.0. The first-order valence-electron chi connectivity index (χ1n) is 8.79. The molecule has 152 valence electrons. The van der Waals surface area contributed by atoms with Crippen molar-refractivity contribution in [2.24, 2.45) is 0 Å². The number of hydrogen-bond acceptors (Lipinski definition) is 6. The Bertz CT molecular complexity index is 1100. The smallest absolute Gasteiger partial charge is 0.321 e. The molecular formula is C19H19ClN4O4S. The minimum atomic E-state index is -0.572. The van der Waals surface area contributed by atoms with Crippen molar-refractivity contribution in [3.05, 3.63) is 57.7 Å². The van der Waals surface area contributed by atoms with E-state index in [4.69, 9.17) is 16.0 Å². The van der Waals surface area contributed by atoms with E-state index >= 15 is 0 Å². The Hall–Kier alpha value is -2.78. The number of urea groups is 1. The van der Waals surface area contributed by atoms with Gasteiger partial charge in [0.05, 0.1) is 29.5 Å². The molecule has 0 aliphatic rings. The SMILES string of the molecule is CC(C)NC(=O)NC(=O)CSc1nc2cc(Cl)ccc2c(=O)n1Cc1ccco1. The number of carbonyl (C=O) groups is 2. The van der Waals surface area contributed by atoms with Gasteiger partial charge in [-0.05, 0) is 44.2 Å². The normalized spacial score (nSPS) is 11.0. The lowest BCUT2D eigenvalue weighted by molar-refractivity contribution is -0.117. The lowest BCUT2D eigenvalue weighted by atomic mass is 10.2. The number of rotatable bonds is 6. The molecule has 2 N–H and O–H groups in total. The lowest BCUT2D eigenvalue weighted by Gasteiger charge is -2.13. The Kier molecular flexibility index (Phi) is 6.60. The first-order valence-corrected chi connectivity index (χ1v) is 10.2. The van der Waals surface area contributed by atoms with Crippen LogP contribution in [0.4, 0.5) is 4.79 Å². The number of amides is 3. The number of nitrogens with zero attached hydrogens (tertiary/aromatic N) is 2. The van der Waals surface area contributed by atoms with E-state index in [9.17, 15) is 14.4 Å². The van der Waals surface area contributed by atoms with E-state index in [1.807, 2.05) is 0 Å². The van der Waals surface area contributed by atoms with Crippen molar-refractivity contribution >= 4 is 46.2 Å². The summed E-state index contributed by atoms with van der Waals surface area (Å²) in [7, 11) is 0. The van der Waals surface area contributed by atoms with Gasteiger partial charge in [-0.3, -0.25) is 19.5 Å². The van der Waals surface area contributed by atoms with E-state index in [0.717, 1.165) is 11.8 Å². The number of halogens is 1. The van der Waals surface area contributed by atoms with E-state index in [1.54, 1.807) is 44.2 Å². The van der Waals surface area contributed by atoms with Crippen LogP contribution >= 0.6 is 23.4 Å². The van der Waals surface area contributed by atoms with E-state index < -0.39 is 11.9 Å². The van der Waals surface area contributed by atoms with Crippen molar-refractivity contribution in [1.82, 2.24) is 20.2 Å². The number of benzene rings is 1. The Morgan fingerprint density at radius 2 is 2.10 bits per heavy atom. The van der Waals surface area contributed by atoms with Crippen LogP contribution < -0.4 is 16.2 Å². The molecule has 2 aromatic heterocycles. The molecule has 0 bridgehead atoms. The molecule has 0 unspecified atom stereocenters. The van der Waals surface area contributed by atoms with E-state index in [2.05, 4.69) is 15.6 Å². The van der Waals surface area contributed by atoms with Crippen molar-refractivity contribution in [2.75, 3.05) is 5.75 Å². The summed E-state index contributed by atoms with van der Waals surface area (Å²) in [6.45, 7) is 3.74. The fourth-order valence-corrected chi connectivity index (χ4v) is 3.54. The number of thioether (sulfide) groups is 1. The van der Waals surface area contributed by atoms with Crippen LogP contribution in [-0.4, -0.2) is 33.3 Å². The number of hydrogen-bond donors (Lipinski definition) is 2. The van der Waals surface area contributed by atoms with Crippen LogP contribution in [0.3, 0.4) is 0 Å². The monoisotopic (exact) mass is 434 g/mol. The number of nitrogens with one attached hydrogen (secondary N) is 2. The van der Waals surface area contributed by atoms with Crippen LogP contribution in [0, 0.1) is 0 Å². The predicted octanol–water partition coefficient (Wildman–Crippen LogP) is 3.02. The van der Waals surface area contributed by atoms with Crippen LogP contribution in [0.25, 0.3) is 10.9 Å². The third-order valence-electron chi connectivity index (χ3n) is 3.78.